The van der Waals surface area contributed by atoms with Crippen molar-refractivity contribution in [1.29, 1.82) is 0 Å². The highest BCUT2D eigenvalue weighted by atomic mass is 19.3. The molecule has 3 saturated carbocycles. The van der Waals surface area contributed by atoms with Crippen molar-refractivity contribution in [1.82, 2.24) is 4.90 Å². The highest BCUT2D eigenvalue weighted by molar-refractivity contribution is 5.38. The number of rotatable bonds is 5. The highest BCUT2D eigenvalue weighted by Gasteiger charge is 2.51. The zero-order valence-corrected chi connectivity index (χ0v) is 20.9. The van der Waals surface area contributed by atoms with Crippen molar-refractivity contribution in [3.63, 3.8) is 0 Å². The quantitative estimate of drug-likeness (QED) is 0.527. The Morgan fingerprint density at radius 2 is 1.85 bits per heavy atom. The monoisotopic (exact) mass is 479 g/mol. The van der Waals surface area contributed by atoms with Crippen LogP contribution in [0.15, 0.2) is 35.5 Å². The van der Waals surface area contributed by atoms with Crippen LogP contribution in [0.5, 0.6) is 0 Å². The first-order valence-electron chi connectivity index (χ1n) is 13.2. The zero-order valence-electron chi connectivity index (χ0n) is 20.9. The summed E-state index contributed by atoms with van der Waals surface area (Å²) in [5, 5.41) is 30.3. The Kier molecular flexibility index (Phi) is 7.74. The molecule has 3 aliphatic carbocycles. The van der Waals surface area contributed by atoms with Crippen LogP contribution in [-0.2, 0) is 0 Å². The van der Waals surface area contributed by atoms with Crippen molar-refractivity contribution in [2.24, 2.45) is 23.2 Å². The van der Waals surface area contributed by atoms with Crippen LogP contribution in [0.4, 0.5) is 8.78 Å². The number of hydrogen-bond acceptors (Lipinski definition) is 4. The van der Waals surface area contributed by atoms with Crippen molar-refractivity contribution in [3.05, 3.63) is 35.5 Å². The maximum atomic E-state index is 13.1. The molecule has 0 aromatic heterocycles. The summed E-state index contributed by atoms with van der Waals surface area (Å²) in [6, 6.07) is 0. The molecule has 0 spiro atoms. The minimum atomic E-state index is -2.67. The van der Waals surface area contributed by atoms with Gasteiger partial charge in [0.15, 0.2) is 0 Å². The summed E-state index contributed by atoms with van der Waals surface area (Å²) in [5.74, 6) is 1.62. The van der Waals surface area contributed by atoms with E-state index in [2.05, 4.69) is 37.5 Å². The van der Waals surface area contributed by atoms with Gasteiger partial charge in [-0.2, -0.15) is 0 Å². The lowest BCUT2D eigenvalue weighted by atomic mass is 9.61. The predicted octanol–water partition coefficient (Wildman–Crippen LogP) is 4.86. The van der Waals surface area contributed by atoms with Gasteiger partial charge in [0.1, 0.15) is 5.60 Å². The van der Waals surface area contributed by atoms with Crippen LogP contribution in [0.1, 0.15) is 71.6 Å². The minimum absolute atomic E-state index is 0.151. The van der Waals surface area contributed by atoms with Crippen LogP contribution in [0.2, 0.25) is 0 Å². The van der Waals surface area contributed by atoms with Crippen molar-refractivity contribution in [2.75, 3.05) is 19.6 Å². The summed E-state index contributed by atoms with van der Waals surface area (Å²) in [6.07, 6.45) is 7.57. The summed E-state index contributed by atoms with van der Waals surface area (Å²) in [7, 11) is 0. The molecule has 1 saturated heterocycles. The molecule has 0 radical (unpaired) electrons. The molecule has 0 unspecified atom stereocenters. The average molecular weight is 480 g/mol. The van der Waals surface area contributed by atoms with Crippen LogP contribution >= 0.6 is 0 Å². The fraction of sp³-hybridized carbons (Fsp3) is 0.786. The lowest BCUT2D eigenvalue weighted by molar-refractivity contribution is -0.128. The lowest BCUT2D eigenvalue weighted by Gasteiger charge is -2.46. The Bertz CT molecular complexity index is 816. The Balaban J connectivity index is 1.42. The SMILES string of the molecule is C=C1/C(=C\C=C2/CCC[C@]3(C)[C@@H]([C@@H](C)CN4CCC(O)(C(F)F)CC4)CC[C@@H]23)C[C@@H](O)C[C@@H]1O. The topological polar surface area (TPSA) is 63.9 Å². The molecule has 0 bridgehead atoms. The smallest absolute Gasteiger partial charge is 0.266 e. The van der Waals surface area contributed by atoms with Gasteiger partial charge in [-0.1, -0.05) is 38.2 Å². The van der Waals surface area contributed by atoms with E-state index in [0.717, 1.165) is 24.1 Å². The van der Waals surface area contributed by atoms with Gasteiger partial charge in [-0.05, 0) is 85.7 Å². The standard InChI is InChI=1S/C28H43F2NO3/c1-18(17-31-13-11-28(34,12-14-31)26(29)30)23-8-9-24-20(5-4-10-27(23,24)3)6-7-21-15-22(32)16-25(33)19(21)2/h6-7,18,22-26,32-34H,2,4-5,8-17H2,1,3H3/b20-6+,21-7-/t18-,22+,23+,24-,25-,27+/m0/s1. The van der Waals surface area contributed by atoms with Gasteiger partial charge in [-0.25, -0.2) is 8.78 Å². The number of allylic oxidation sites excluding steroid dienone is 3. The normalized spacial score (nSPS) is 40.2. The number of nitrogens with zero attached hydrogens (tertiary/aromatic N) is 1. The molecule has 4 nitrogen and oxygen atoms in total. The predicted molar refractivity (Wildman–Crippen MR) is 131 cm³/mol. The van der Waals surface area contributed by atoms with Crippen LogP contribution in [0.25, 0.3) is 0 Å². The third-order valence-corrected chi connectivity index (χ3v) is 9.66. The van der Waals surface area contributed by atoms with E-state index in [1.807, 2.05) is 0 Å². The first-order valence-corrected chi connectivity index (χ1v) is 13.2. The van der Waals surface area contributed by atoms with Crippen molar-refractivity contribution < 1.29 is 24.1 Å². The molecule has 3 N–H and O–H groups in total. The molecule has 4 fully saturated rings. The van der Waals surface area contributed by atoms with E-state index in [1.54, 1.807) is 0 Å². The van der Waals surface area contributed by atoms with E-state index < -0.39 is 24.2 Å². The molecule has 6 heteroatoms. The summed E-state index contributed by atoms with van der Waals surface area (Å²) in [5.41, 5.74) is 1.61. The number of aliphatic hydroxyl groups excluding tert-OH is 2. The molecule has 0 aromatic rings. The number of likely N-dealkylation sites (tertiary alicyclic amines) is 1. The van der Waals surface area contributed by atoms with Gasteiger partial charge in [-0.3, -0.25) is 0 Å². The lowest BCUT2D eigenvalue weighted by Crippen LogP contribution is -2.50. The van der Waals surface area contributed by atoms with Crippen LogP contribution in [-0.4, -0.2) is 64.1 Å². The average Bonchev–Trinajstić information content (AvgIpc) is 3.14. The molecule has 34 heavy (non-hydrogen) atoms. The molecular weight excluding hydrogens is 436 g/mol. The van der Waals surface area contributed by atoms with Gasteiger partial charge in [0, 0.05) is 26.1 Å². The summed E-state index contributed by atoms with van der Waals surface area (Å²) in [6.45, 7) is 10.8. The summed E-state index contributed by atoms with van der Waals surface area (Å²) in [4.78, 5) is 2.27. The van der Waals surface area contributed by atoms with Gasteiger partial charge in [-0.15, -0.1) is 0 Å². The van der Waals surface area contributed by atoms with Crippen molar-refractivity contribution in [2.45, 2.75) is 95.9 Å². The second-order valence-corrected chi connectivity index (χ2v) is 11.8. The van der Waals surface area contributed by atoms with E-state index in [-0.39, 0.29) is 18.3 Å². The zero-order chi connectivity index (χ0) is 24.7. The molecule has 4 aliphatic rings. The number of halogens is 2. The van der Waals surface area contributed by atoms with Gasteiger partial charge < -0.3 is 20.2 Å². The third kappa shape index (κ3) is 5.07. The van der Waals surface area contributed by atoms with Crippen LogP contribution in [0, 0.1) is 23.2 Å². The van der Waals surface area contributed by atoms with E-state index >= 15 is 0 Å². The third-order valence-electron chi connectivity index (χ3n) is 9.66. The Morgan fingerprint density at radius 3 is 2.53 bits per heavy atom. The van der Waals surface area contributed by atoms with Crippen molar-refractivity contribution >= 4 is 0 Å². The number of piperidine rings is 1. The van der Waals surface area contributed by atoms with Crippen LogP contribution in [0.3, 0.4) is 0 Å². The maximum Gasteiger partial charge on any atom is 0.266 e. The molecule has 192 valence electrons. The van der Waals surface area contributed by atoms with E-state index in [9.17, 15) is 24.1 Å². The molecule has 0 amide bonds. The number of fused-ring (bicyclic) bond motifs is 1. The number of aliphatic hydroxyl groups is 3. The van der Waals surface area contributed by atoms with Crippen LogP contribution < -0.4 is 0 Å². The second kappa shape index (κ2) is 10.1. The highest BCUT2D eigenvalue weighted by Crippen LogP contribution is 2.59. The van der Waals surface area contributed by atoms with Gasteiger partial charge in [0.2, 0.25) is 0 Å². The first kappa shape index (κ1) is 26.0. The first-order chi connectivity index (χ1) is 16.0. The molecule has 6 atom stereocenters. The Labute approximate surface area is 203 Å². The number of hydrogen-bond donors (Lipinski definition) is 3. The molecule has 1 heterocycles. The Hall–Kier alpha value is -1.08. The van der Waals surface area contributed by atoms with Gasteiger partial charge in [0.25, 0.3) is 6.43 Å². The molecule has 1 aliphatic heterocycles. The molecule has 0 aromatic carbocycles. The second-order valence-electron chi connectivity index (χ2n) is 11.8. The fourth-order valence-electron chi connectivity index (χ4n) is 7.55. The Morgan fingerprint density at radius 1 is 1.15 bits per heavy atom. The number of alkyl halides is 2. The minimum Gasteiger partial charge on any atom is -0.393 e. The van der Waals surface area contributed by atoms with E-state index in [4.69, 9.17) is 0 Å². The molecular formula is C28H43F2NO3. The van der Waals surface area contributed by atoms with Crippen molar-refractivity contribution in [3.8, 4) is 0 Å². The largest absolute Gasteiger partial charge is 0.393 e. The van der Waals surface area contributed by atoms with E-state index in [0.29, 0.717) is 43.7 Å². The van der Waals surface area contributed by atoms with E-state index in [1.165, 1.54) is 31.3 Å². The fourth-order valence-corrected chi connectivity index (χ4v) is 7.55. The maximum absolute atomic E-state index is 13.1. The summed E-state index contributed by atoms with van der Waals surface area (Å²) >= 11 is 0. The van der Waals surface area contributed by atoms with Gasteiger partial charge >= 0.3 is 0 Å². The summed E-state index contributed by atoms with van der Waals surface area (Å²) < 4.78 is 26.3. The molecule has 4 rings (SSSR count). The van der Waals surface area contributed by atoms with Gasteiger partial charge in [0.05, 0.1) is 12.2 Å².